The Labute approximate surface area is 77.6 Å². The fourth-order valence-electron chi connectivity index (χ4n) is 0.797. The predicted molar refractivity (Wildman–Crippen MR) is 50.2 cm³/mol. The van der Waals surface area contributed by atoms with E-state index in [0.29, 0.717) is 0 Å². The van der Waals surface area contributed by atoms with Crippen LogP contribution >= 0.6 is 0 Å². The zero-order valence-electron chi connectivity index (χ0n) is 7.69. The standard InChI is InChI=1S/C5H14B2N2O4/c1-6(12)8-3-4(5(10)11)9-7(2)13/h4,8-9,12-13H,3H2,1-2H3,(H,10,11). The summed E-state index contributed by atoms with van der Waals surface area (Å²) < 4.78 is 0. The van der Waals surface area contributed by atoms with Gasteiger partial charge in [0.15, 0.2) is 0 Å². The van der Waals surface area contributed by atoms with Crippen molar-refractivity contribution in [2.75, 3.05) is 6.54 Å². The molecular formula is C5H14B2N2O4. The molecule has 0 aromatic heterocycles. The van der Waals surface area contributed by atoms with E-state index in [1.54, 1.807) is 0 Å². The second kappa shape index (κ2) is 5.98. The monoisotopic (exact) mass is 188 g/mol. The first-order chi connectivity index (χ1) is 5.93. The molecule has 1 unspecified atom stereocenters. The van der Waals surface area contributed by atoms with Crippen LogP contribution in [0.2, 0.25) is 13.6 Å². The minimum atomic E-state index is -1.07. The summed E-state index contributed by atoms with van der Waals surface area (Å²) in [6.45, 7) is 2.97. The van der Waals surface area contributed by atoms with Crippen molar-refractivity contribution in [1.29, 1.82) is 0 Å². The highest BCUT2D eigenvalue weighted by Crippen LogP contribution is 1.84. The smallest absolute Gasteiger partial charge is 0.374 e. The van der Waals surface area contributed by atoms with Gasteiger partial charge in [-0.1, -0.05) is 0 Å². The number of carbonyl (C=O) groups is 1. The fraction of sp³-hybridized carbons (Fsp3) is 0.800. The first-order valence-corrected chi connectivity index (χ1v) is 4.02. The zero-order valence-corrected chi connectivity index (χ0v) is 7.69. The zero-order chi connectivity index (χ0) is 10.4. The van der Waals surface area contributed by atoms with Crippen molar-refractivity contribution in [3.05, 3.63) is 0 Å². The van der Waals surface area contributed by atoms with Crippen LogP contribution in [0.1, 0.15) is 0 Å². The van der Waals surface area contributed by atoms with Gasteiger partial charge >= 0.3 is 20.1 Å². The van der Waals surface area contributed by atoms with Crippen molar-refractivity contribution in [3.8, 4) is 0 Å². The molecule has 0 amide bonds. The van der Waals surface area contributed by atoms with Crippen LogP contribution in [0, 0.1) is 0 Å². The van der Waals surface area contributed by atoms with Gasteiger partial charge in [0.1, 0.15) is 6.04 Å². The first kappa shape index (κ1) is 12.4. The average molecular weight is 188 g/mol. The van der Waals surface area contributed by atoms with E-state index in [0.717, 1.165) is 0 Å². The Bertz CT molecular complexity index is 167. The van der Waals surface area contributed by atoms with Gasteiger partial charge in [0, 0.05) is 6.54 Å². The fourth-order valence-corrected chi connectivity index (χ4v) is 0.797. The number of hydrogen-bond donors (Lipinski definition) is 5. The van der Waals surface area contributed by atoms with Crippen molar-refractivity contribution in [1.82, 2.24) is 10.5 Å². The quantitative estimate of drug-likeness (QED) is 0.304. The van der Waals surface area contributed by atoms with Crippen LogP contribution in [0.25, 0.3) is 0 Å². The highest BCUT2D eigenvalue weighted by atomic mass is 16.4. The van der Waals surface area contributed by atoms with Gasteiger partial charge in [-0.05, 0) is 13.6 Å². The molecule has 0 rings (SSSR count). The molecule has 0 aliphatic rings. The number of hydrogen-bond acceptors (Lipinski definition) is 5. The summed E-state index contributed by atoms with van der Waals surface area (Å²) in [7, 11) is -1.66. The molecule has 0 saturated carbocycles. The van der Waals surface area contributed by atoms with Gasteiger partial charge < -0.3 is 25.6 Å². The van der Waals surface area contributed by atoms with E-state index in [4.69, 9.17) is 15.2 Å². The maximum atomic E-state index is 10.6. The predicted octanol–water partition coefficient (Wildman–Crippen LogP) is -2.16. The Hall–Kier alpha value is -0.560. The van der Waals surface area contributed by atoms with E-state index in [2.05, 4.69) is 10.5 Å². The average Bonchev–Trinajstić information content (AvgIpc) is 1.96. The summed E-state index contributed by atoms with van der Waals surface area (Å²) >= 11 is 0. The molecule has 0 aromatic carbocycles. The molecular weight excluding hydrogens is 174 g/mol. The first-order valence-electron chi connectivity index (χ1n) is 4.02. The van der Waals surface area contributed by atoms with Crippen molar-refractivity contribution < 1.29 is 19.9 Å². The van der Waals surface area contributed by atoms with Gasteiger partial charge in [-0.25, -0.2) is 0 Å². The lowest BCUT2D eigenvalue weighted by Crippen LogP contribution is -2.52. The Morgan fingerprint density at radius 3 is 2.23 bits per heavy atom. The lowest BCUT2D eigenvalue weighted by molar-refractivity contribution is -0.138. The number of rotatable bonds is 6. The number of carboxylic acids is 1. The van der Waals surface area contributed by atoms with Gasteiger partial charge in [0.05, 0.1) is 0 Å². The number of carboxylic acid groups (broad SMARTS) is 1. The van der Waals surface area contributed by atoms with Crippen LogP contribution in [-0.4, -0.2) is 47.8 Å². The van der Waals surface area contributed by atoms with Crippen LogP contribution in [0.15, 0.2) is 0 Å². The van der Waals surface area contributed by atoms with Crippen LogP contribution < -0.4 is 10.5 Å². The Kier molecular flexibility index (Phi) is 5.72. The van der Waals surface area contributed by atoms with Crippen LogP contribution in [0.5, 0.6) is 0 Å². The molecule has 0 spiro atoms. The number of aliphatic carboxylic acids is 1. The second-order valence-corrected chi connectivity index (χ2v) is 2.82. The van der Waals surface area contributed by atoms with Gasteiger partial charge in [-0.2, -0.15) is 0 Å². The summed E-state index contributed by atoms with van der Waals surface area (Å²) in [6.07, 6.45) is 0. The molecule has 0 heterocycles. The molecule has 0 bridgehead atoms. The normalized spacial score (nSPS) is 12.3. The molecule has 6 nitrogen and oxygen atoms in total. The van der Waals surface area contributed by atoms with Crippen molar-refractivity contribution in [3.63, 3.8) is 0 Å². The molecule has 8 heteroatoms. The van der Waals surface area contributed by atoms with Crippen molar-refractivity contribution in [2.24, 2.45) is 0 Å². The molecule has 1 atom stereocenters. The van der Waals surface area contributed by atoms with E-state index in [9.17, 15) is 4.79 Å². The maximum Gasteiger partial charge on any atom is 0.374 e. The van der Waals surface area contributed by atoms with E-state index in [1.165, 1.54) is 13.6 Å². The lowest BCUT2D eigenvalue weighted by atomic mass is 9.85. The number of nitrogens with one attached hydrogen (secondary N) is 2. The topological polar surface area (TPSA) is 102 Å². The van der Waals surface area contributed by atoms with Gasteiger partial charge in [-0.3, -0.25) is 4.79 Å². The summed E-state index contributed by atoms with van der Waals surface area (Å²) in [5, 5.41) is 31.3. The largest absolute Gasteiger partial charge is 0.480 e. The molecule has 13 heavy (non-hydrogen) atoms. The third kappa shape index (κ3) is 6.59. The molecule has 74 valence electrons. The molecule has 0 saturated heterocycles. The molecule has 0 aliphatic carbocycles. The van der Waals surface area contributed by atoms with Gasteiger partial charge in [0.2, 0.25) is 0 Å². The Balaban J connectivity index is 3.88. The third-order valence-corrected chi connectivity index (χ3v) is 1.36. The highest BCUT2D eigenvalue weighted by Gasteiger charge is 2.20. The molecule has 0 aromatic rings. The van der Waals surface area contributed by atoms with Crippen molar-refractivity contribution in [2.45, 2.75) is 19.7 Å². The van der Waals surface area contributed by atoms with Gasteiger partial charge in [-0.15, -0.1) is 0 Å². The van der Waals surface area contributed by atoms with Gasteiger partial charge in [0.25, 0.3) is 0 Å². The van der Waals surface area contributed by atoms with Crippen molar-refractivity contribution >= 4 is 20.1 Å². The van der Waals surface area contributed by atoms with Crippen LogP contribution in [-0.2, 0) is 4.79 Å². The molecule has 5 N–H and O–H groups in total. The Morgan fingerprint density at radius 1 is 1.38 bits per heavy atom. The maximum absolute atomic E-state index is 10.6. The van der Waals surface area contributed by atoms with E-state index >= 15 is 0 Å². The van der Waals surface area contributed by atoms with Crippen LogP contribution in [0.3, 0.4) is 0 Å². The minimum Gasteiger partial charge on any atom is -0.480 e. The second-order valence-electron chi connectivity index (χ2n) is 2.82. The van der Waals surface area contributed by atoms with E-state index in [1.807, 2.05) is 0 Å². The van der Waals surface area contributed by atoms with E-state index in [-0.39, 0.29) is 6.54 Å². The van der Waals surface area contributed by atoms with E-state index < -0.39 is 26.1 Å². The SMILES string of the molecule is CB(O)NCC(NB(C)O)C(=O)O. The highest BCUT2D eigenvalue weighted by molar-refractivity contribution is 6.46. The molecule has 0 aliphatic heterocycles. The van der Waals surface area contributed by atoms with Crippen LogP contribution in [0.4, 0.5) is 0 Å². The Morgan fingerprint density at radius 2 is 1.92 bits per heavy atom. The summed E-state index contributed by atoms with van der Waals surface area (Å²) in [6, 6.07) is -0.908. The summed E-state index contributed by atoms with van der Waals surface area (Å²) in [5.41, 5.74) is 0. The minimum absolute atomic E-state index is 0.0535. The summed E-state index contributed by atoms with van der Waals surface area (Å²) in [4.78, 5) is 10.6. The lowest BCUT2D eigenvalue weighted by Gasteiger charge is -2.15. The summed E-state index contributed by atoms with van der Waals surface area (Å²) in [5.74, 6) is -1.07. The molecule has 0 radical (unpaired) electrons. The molecule has 0 fully saturated rings. The third-order valence-electron chi connectivity index (χ3n) is 1.36.